The molecule has 0 aromatic rings. The van der Waals surface area contributed by atoms with Gasteiger partial charge < -0.3 is 15.0 Å². The van der Waals surface area contributed by atoms with Gasteiger partial charge in [0.05, 0.1) is 19.3 Å². The Bertz CT molecular complexity index is 327. The lowest BCUT2D eigenvalue weighted by molar-refractivity contribution is -0.224. The predicted octanol–water partition coefficient (Wildman–Crippen LogP) is 0.776. The molecule has 0 radical (unpaired) electrons. The van der Waals surface area contributed by atoms with Crippen LogP contribution < -0.4 is 5.32 Å². The Hall–Kier alpha value is -0.820. The van der Waals surface area contributed by atoms with Crippen molar-refractivity contribution >= 4 is 5.91 Å². The number of nitrogens with zero attached hydrogens (tertiary/aromatic N) is 1. The molecule has 2 atom stereocenters. The molecule has 0 spiro atoms. The highest BCUT2D eigenvalue weighted by Crippen LogP contribution is 2.44. The summed E-state index contributed by atoms with van der Waals surface area (Å²) in [4.78, 5) is 13.6. The lowest BCUT2D eigenvalue weighted by Crippen LogP contribution is -2.58. The Kier molecular flexibility index (Phi) is 3.55. The number of hydrogen-bond donors (Lipinski definition) is 1. The third-order valence-electron chi connectivity index (χ3n) is 3.74. The van der Waals surface area contributed by atoms with Crippen LogP contribution in [0.5, 0.6) is 0 Å². The van der Waals surface area contributed by atoms with E-state index in [1.54, 1.807) is 6.92 Å². The van der Waals surface area contributed by atoms with E-state index in [9.17, 15) is 18.0 Å². The van der Waals surface area contributed by atoms with Crippen molar-refractivity contribution in [1.82, 2.24) is 10.2 Å². The zero-order chi connectivity index (χ0) is 13.4. The standard InChI is InChI=1S/C11H17F3N2O2/c1-8-6-18-5-4-16(8)9(17)10(11(12,13)14)2-3-15-7-10/h8,15H,2-7H2,1H3/t8-,10?/m1/s1. The summed E-state index contributed by atoms with van der Waals surface area (Å²) in [5.74, 6) is -0.809. The maximum Gasteiger partial charge on any atom is 0.404 e. The van der Waals surface area contributed by atoms with Crippen molar-refractivity contribution < 1.29 is 22.7 Å². The number of hydrogen-bond acceptors (Lipinski definition) is 3. The molecule has 2 fully saturated rings. The van der Waals surface area contributed by atoms with E-state index in [1.807, 2.05) is 0 Å². The predicted molar refractivity (Wildman–Crippen MR) is 58.0 cm³/mol. The molecule has 2 aliphatic rings. The molecular weight excluding hydrogens is 249 g/mol. The quantitative estimate of drug-likeness (QED) is 0.762. The van der Waals surface area contributed by atoms with Crippen LogP contribution in [-0.2, 0) is 9.53 Å². The van der Waals surface area contributed by atoms with Crippen LogP contribution in [-0.4, -0.2) is 55.9 Å². The van der Waals surface area contributed by atoms with Crippen molar-refractivity contribution in [2.24, 2.45) is 5.41 Å². The van der Waals surface area contributed by atoms with Gasteiger partial charge in [0.15, 0.2) is 5.41 Å². The van der Waals surface area contributed by atoms with Gasteiger partial charge in [0.2, 0.25) is 5.91 Å². The summed E-state index contributed by atoms with van der Waals surface area (Å²) in [5, 5.41) is 2.66. The van der Waals surface area contributed by atoms with E-state index < -0.39 is 17.5 Å². The van der Waals surface area contributed by atoms with Gasteiger partial charge in [-0.2, -0.15) is 13.2 Å². The number of alkyl halides is 3. The zero-order valence-electron chi connectivity index (χ0n) is 10.2. The fourth-order valence-corrected chi connectivity index (χ4v) is 2.54. The molecule has 0 aromatic carbocycles. The fourth-order valence-electron chi connectivity index (χ4n) is 2.54. The highest BCUT2D eigenvalue weighted by atomic mass is 19.4. The highest BCUT2D eigenvalue weighted by Gasteiger charge is 2.62. The Morgan fingerprint density at radius 1 is 1.50 bits per heavy atom. The van der Waals surface area contributed by atoms with Gasteiger partial charge in [0, 0.05) is 13.1 Å². The minimum atomic E-state index is -4.51. The fraction of sp³-hybridized carbons (Fsp3) is 0.909. The summed E-state index contributed by atoms with van der Waals surface area (Å²) in [7, 11) is 0. The van der Waals surface area contributed by atoms with Gasteiger partial charge in [-0.3, -0.25) is 4.79 Å². The molecule has 2 saturated heterocycles. The van der Waals surface area contributed by atoms with Crippen LogP contribution in [0.15, 0.2) is 0 Å². The van der Waals surface area contributed by atoms with Crippen molar-refractivity contribution in [2.75, 3.05) is 32.8 Å². The molecule has 104 valence electrons. The summed E-state index contributed by atoms with van der Waals surface area (Å²) in [6.45, 7) is 2.45. The van der Waals surface area contributed by atoms with Crippen LogP contribution in [0.1, 0.15) is 13.3 Å². The first-order valence-corrected chi connectivity index (χ1v) is 6.05. The molecule has 0 bridgehead atoms. The Morgan fingerprint density at radius 3 is 2.72 bits per heavy atom. The summed E-state index contributed by atoms with van der Waals surface area (Å²) in [6, 6.07) is -0.300. The van der Waals surface area contributed by atoms with E-state index in [4.69, 9.17) is 4.74 Å². The Morgan fingerprint density at radius 2 is 2.22 bits per heavy atom. The van der Waals surface area contributed by atoms with E-state index in [1.165, 1.54) is 4.90 Å². The molecule has 0 aromatic heterocycles. The number of amides is 1. The monoisotopic (exact) mass is 266 g/mol. The minimum Gasteiger partial charge on any atom is -0.377 e. The van der Waals surface area contributed by atoms with Gasteiger partial charge in [-0.25, -0.2) is 0 Å². The molecule has 18 heavy (non-hydrogen) atoms. The number of halogens is 3. The van der Waals surface area contributed by atoms with Gasteiger partial charge >= 0.3 is 6.18 Å². The maximum atomic E-state index is 13.2. The average molecular weight is 266 g/mol. The van der Waals surface area contributed by atoms with Crippen LogP contribution in [0.2, 0.25) is 0 Å². The molecule has 2 rings (SSSR count). The number of nitrogens with one attached hydrogen (secondary N) is 1. The zero-order valence-corrected chi connectivity index (χ0v) is 10.2. The van der Waals surface area contributed by atoms with E-state index in [2.05, 4.69) is 5.32 Å². The van der Waals surface area contributed by atoms with E-state index in [-0.39, 0.29) is 32.1 Å². The SMILES string of the molecule is C[C@@H]1COCCN1C(=O)C1(C(F)(F)F)CCNC1. The first-order valence-electron chi connectivity index (χ1n) is 6.05. The second-order valence-corrected chi connectivity index (χ2v) is 4.93. The maximum absolute atomic E-state index is 13.2. The first kappa shape index (κ1) is 13.6. The molecule has 1 N–H and O–H groups in total. The number of ether oxygens (including phenoxy) is 1. The summed E-state index contributed by atoms with van der Waals surface area (Å²) >= 11 is 0. The van der Waals surface area contributed by atoms with Gasteiger partial charge in [0.25, 0.3) is 0 Å². The summed E-state index contributed by atoms with van der Waals surface area (Å²) in [5.41, 5.74) is -2.25. The normalized spacial score (nSPS) is 33.8. The van der Waals surface area contributed by atoms with Crippen LogP contribution >= 0.6 is 0 Å². The van der Waals surface area contributed by atoms with Crippen LogP contribution in [0.3, 0.4) is 0 Å². The van der Waals surface area contributed by atoms with Crippen molar-refractivity contribution in [3.63, 3.8) is 0 Å². The Balaban J connectivity index is 2.23. The summed E-state index contributed by atoms with van der Waals surface area (Å²) in [6.07, 6.45) is -4.69. The van der Waals surface area contributed by atoms with Crippen LogP contribution in [0.25, 0.3) is 0 Å². The lowest BCUT2D eigenvalue weighted by Gasteiger charge is -2.40. The highest BCUT2D eigenvalue weighted by molar-refractivity contribution is 5.84. The molecule has 1 amide bonds. The average Bonchev–Trinajstić information content (AvgIpc) is 2.78. The minimum absolute atomic E-state index is 0.181. The van der Waals surface area contributed by atoms with Crippen molar-refractivity contribution in [3.05, 3.63) is 0 Å². The van der Waals surface area contributed by atoms with Crippen molar-refractivity contribution in [1.29, 1.82) is 0 Å². The van der Waals surface area contributed by atoms with Gasteiger partial charge in [0.1, 0.15) is 0 Å². The number of rotatable bonds is 1. The second-order valence-electron chi connectivity index (χ2n) is 4.93. The molecule has 2 heterocycles. The largest absolute Gasteiger partial charge is 0.404 e. The van der Waals surface area contributed by atoms with Crippen LogP contribution in [0.4, 0.5) is 13.2 Å². The van der Waals surface area contributed by atoms with Gasteiger partial charge in [-0.1, -0.05) is 0 Å². The third kappa shape index (κ3) is 2.09. The van der Waals surface area contributed by atoms with Gasteiger partial charge in [-0.15, -0.1) is 0 Å². The Labute approximate surface area is 103 Å². The molecular formula is C11H17F3N2O2. The molecule has 4 nitrogen and oxygen atoms in total. The topological polar surface area (TPSA) is 41.6 Å². The molecule has 0 saturated carbocycles. The molecule has 0 aliphatic carbocycles. The molecule has 1 unspecified atom stereocenters. The number of morpholine rings is 1. The van der Waals surface area contributed by atoms with Crippen LogP contribution in [0, 0.1) is 5.41 Å². The van der Waals surface area contributed by atoms with E-state index in [0.717, 1.165) is 0 Å². The second kappa shape index (κ2) is 4.70. The molecule has 2 aliphatic heterocycles. The number of carbonyl (C=O) groups excluding carboxylic acids is 1. The van der Waals surface area contributed by atoms with E-state index >= 15 is 0 Å². The first-order chi connectivity index (χ1) is 8.38. The number of carbonyl (C=O) groups is 1. The third-order valence-corrected chi connectivity index (χ3v) is 3.74. The van der Waals surface area contributed by atoms with E-state index in [0.29, 0.717) is 13.2 Å². The molecule has 7 heteroatoms. The van der Waals surface area contributed by atoms with Crippen molar-refractivity contribution in [3.8, 4) is 0 Å². The van der Waals surface area contributed by atoms with Crippen molar-refractivity contribution in [2.45, 2.75) is 25.6 Å². The summed E-state index contributed by atoms with van der Waals surface area (Å²) < 4.78 is 44.8. The lowest BCUT2D eigenvalue weighted by atomic mass is 9.84. The van der Waals surface area contributed by atoms with Gasteiger partial charge in [-0.05, 0) is 19.9 Å². The smallest absolute Gasteiger partial charge is 0.377 e.